The van der Waals surface area contributed by atoms with Gasteiger partial charge in [-0.15, -0.1) is 11.3 Å². The summed E-state index contributed by atoms with van der Waals surface area (Å²) in [4.78, 5) is 26.2. The Balaban J connectivity index is 1.68. The predicted molar refractivity (Wildman–Crippen MR) is 75.6 cm³/mol. The number of ether oxygens (including phenoxy) is 1. The van der Waals surface area contributed by atoms with Crippen LogP contribution in [0.5, 0.6) is 0 Å². The third kappa shape index (κ3) is 4.03. The Morgan fingerprint density at radius 3 is 2.80 bits per heavy atom. The van der Waals surface area contributed by atoms with E-state index in [9.17, 15) is 9.59 Å². The van der Waals surface area contributed by atoms with E-state index < -0.39 is 0 Å². The molecule has 1 fully saturated rings. The van der Waals surface area contributed by atoms with E-state index in [0.717, 1.165) is 4.88 Å². The molecule has 0 radical (unpaired) electrons. The first-order chi connectivity index (χ1) is 9.70. The number of hydrazine groups is 1. The van der Waals surface area contributed by atoms with Crippen LogP contribution in [0.2, 0.25) is 0 Å². The Kier molecular flexibility index (Phi) is 5.51. The molecule has 3 N–H and O–H groups in total. The summed E-state index contributed by atoms with van der Waals surface area (Å²) < 4.78 is 5.41. The normalized spacial score (nSPS) is 16.1. The molecular weight excluding hydrogens is 278 g/mol. The number of thiophene rings is 1. The summed E-state index contributed by atoms with van der Waals surface area (Å²) in [6.45, 7) is 1.72. The number of likely N-dealkylation sites (tertiary alicyclic amines) is 1. The number of nitrogens with two attached hydrogens (primary N) is 1. The van der Waals surface area contributed by atoms with Crippen LogP contribution in [-0.4, -0.2) is 36.4 Å². The van der Waals surface area contributed by atoms with Crippen LogP contribution >= 0.6 is 11.3 Å². The van der Waals surface area contributed by atoms with Crippen LogP contribution < -0.4 is 11.3 Å². The van der Waals surface area contributed by atoms with Gasteiger partial charge in [0.25, 0.3) is 0 Å². The summed E-state index contributed by atoms with van der Waals surface area (Å²) in [7, 11) is 0. The number of carbonyl (C=O) groups is 2. The largest absolute Gasteiger partial charge is 0.366 e. The highest BCUT2D eigenvalue weighted by Gasteiger charge is 2.26. The molecule has 0 atom stereocenters. The van der Waals surface area contributed by atoms with Crippen molar-refractivity contribution in [2.75, 3.05) is 19.7 Å². The minimum atomic E-state index is -0.147. The zero-order valence-electron chi connectivity index (χ0n) is 11.2. The predicted octanol–water partition coefficient (Wildman–Crippen LogP) is 0.493. The summed E-state index contributed by atoms with van der Waals surface area (Å²) in [6, 6.07) is 3.94. The molecule has 20 heavy (non-hydrogen) atoms. The van der Waals surface area contributed by atoms with Gasteiger partial charge in [-0.25, -0.2) is 5.84 Å². The fraction of sp³-hybridized carbons (Fsp3) is 0.538. The molecule has 1 aromatic rings. The number of nitrogens with zero attached hydrogens (tertiary/aromatic N) is 1. The molecule has 1 aliphatic rings. The molecule has 2 rings (SSSR count). The summed E-state index contributed by atoms with van der Waals surface area (Å²) in [5.41, 5.74) is 2.16. The van der Waals surface area contributed by atoms with Crippen LogP contribution in [0.1, 0.15) is 17.7 Å². The van der Waals surface area contributed by atoms with E-state index in [2.05, 4.69) is 5.43 Å². The van der Waals surface area contributed by atoms with Gasteiger partial charge in [-0.2, -0.15) is 0 Å². The van der Waals surface area contributed by atoms with E-state index in [1.165, 1.54) is 0 Å². The zero-order chi connectivity index (χ0) is 14.4. The number of amides is 2. The van der Waals surface area contributed by atoms with Crippen molar-refractivity contribution in [3.05, 3.63) is 22.4 Å². The third-order valence-electron chi connectivity index (χ3n) is 3.41. The van der Waals surface area contributed by atoms with Gasteiger partial charge in [-0.3, -0.25) is 15.0 Å². The molecule has 0 spiro atoms. The Morgan fingerprint density at radius 1 is 1.45 bits per heavy atom. The van der Waals surface area contributed by atoms with Crippen LogP contribution in [0.15, 0.2) is 17.5 Å². The first-order valence-electron chi connectivity index (χ1n) is 6.59. The molecule has 7 heteroatoms. The van der Waals surface area contributed by atoms with Crippen molar-refractivity contribution < 1.29 is 14.3 Å². The summed E-state index contributed by atoms with van der Waals surface area (Å²) in [5, 5.41) is 1.98. The van der Waals surface area contributed by atoms with Crippen molar-refractivity contribution in [3.63, 3.8) is 0 Å². The Labute approximate surface area is 121 Å². The van der Waals surface area contributed by atoms with E-state index in [1.807, 2.05) is 17.5 Å². The SMILES string of the molecule is NNC(=O)C1CCN(C(=O)COCc2cccs2)CC1. The molecule has 0 aliphatic carbocycles. The number of nitrogens with one attached hydrogen (secondary N) is 1. The van der Waals surface area contributed by atoms with Gasteiger partial charge < -0.3 is 9.64 Å². The lowest BCUT2D eigenvalue weighted by molar-refractivity contribution is -0.139. The second-order valence-corrected chi connectivity index (χ2v) is 5.77. The zero-order valence-corrected chi connectivity index (χ0v) is 12.0. The lowest BCUT2D eigenvalue weighted by atomic mass is 9.96. The van der Waals surface area contributed by atoms with Crippen molar-refractivity contribution in [1.29, 1.82) is 0 Å². The second-order valence-electron chi connectivity index (χ2n) is 4.74. The van der Waals surface area contributed by atoms with Crippen LogP contribution in [0.25, 0.3) is 0 Å². The average molecular weight is 297 g/mol. The molecule has 6 nitrogen and oxygen atoms in total. The standard InChI is InChI=1S/C13H19N3O3S/c14-15-13(18)10-3-5-16(6-4-10)12(17)9-19-8-11-2-1-7-20-11/h1-2,7,10H,3-6,8-9,14H2,(H,15,18). The monoisotopic (exact) mass is 297 g/mol. The summed E-state index contributed by atoms with van der Waals surface area (Å²) in [5.74, 6) is 4.86. The first kappa shape index (κ1) is 15.0. The van der Waals surface area contributed by atoms with E-state index in [-0.39, 0.29) is 24.3 Å². The smallest absolute Gasteiger partial charge is 0.248 e. The van der Waals surface area contributed by atoms with Crippen LogP contribution in [0, 0.1) is 5.92 Å². The van der Waals surface area contributed by atoms with Crippen molar-refractivity contribution in [3.8, 4) is 0 Å². The van der Waals surface area contributed by atoms with E-state index in [0.29, 0.717) is 32.5 Å². The minimum Gasteiger partial charge on any atom is -0.366 e. The molecular formula is C13H19N3O3S. The van der Waals surface area contributed by atoms with E-state index >= 15 is 0 Å². The van der Waals surface area contributed by atoms with Crippen molar-refractivity contribution >= 4 is 23.2 Å². The van der Waals surface area contributed by atoms with Crippen LogP contribution in [-0.2, 0) is 20.9 Å². The van der Waals surface area contributed by atoms with Crippen molar-refractivity contribution in [2.45, 2.75) is 19.4 Å². The highest BCUT2D eigenvalue weighted by molar-refractivity contribution is 7.09. The Morgan fingerprint density at radius 2 is 2.20 bits per heavy atom. The van der Waals surface area contributed by atoms with E-state index in [4.69, 9.17) is 10.6 Å². The quantitative estimate of drug-likeness (QED) is 0.471. The number of carbonyl (C=O) groups excluding carboxylic acids is 2. The number of hydrogen-bond donors (Lipinski definition) is 2. The molecule has 0 aromatic carbocycles. The van der Waals surface area contributed by atoms with Crippen molar-refractivity contribution in [1.82, 2.24) is 10.3 Å². The maximum Gasteiger partial charge on any atom is 0.248 e. The lowest BCUT2D eigenvalue weighted by Crippen LogP contribution is -2.45. The molecule has 2 amide bonds. The van der Waals surface area contributed by atoms with Crippen LogP contribution in [0.3, 0.4) is 0 Å². The molecule has 2 heterocycles. The maximum atomic E-state index is 12.0. The fourth-order valence-electron chi connectivity index (χ4n) is 2.23. The van der Waals surface area contributed by atoms with Gasteiger partial charge in [0, 0.05) is 23.9 Å². The van der Waals surface area contributed by atoms with Gasteiger partial charge in [0.05, 0.1) is 6.61 Å². The van der Waals surface area contributed by atoms with Gasteiger partial charge >= 0.3 is 0 Å². The van der Waals surface area contributed by atoms with Crippen LogP contribution in [0.4, 0.5) is 0 Å². The highest BCUT2D eigenvalue weighted by atomic mass is 32.1. The van der Waals surface area contributed by atoms with Gasteiger partial charge in [0.15, 0.2) is 0 Å². The van der Waals surface area contributed by atoms with Gasteiger partial charge in [-0.1, -0.05) is 6.07 Å². The van der Waals surface area contributed by atoms with E-state index in [1.54, 1.807) is 16.2 Å². The molecule has 1 saturated heterocycles. The summed E-state index contributed by atoms with van der Waals surface area (Å²) >= 11 is 1.61. The highest BCUT2D eigenvalue weighted by Crippen LogP contribution is 2.17. The van der Waals surface area contributed by atoms with Gasteiger partial charge in [0.1, 0.15) is 6.61 Å². The maximum absolute atomic E-state index is 12.0. The number of piperidine rings is 1. The topological polar surface area (TPSA) is 84.7 Å². The molecule has 1 aliphatic heterocycles. The molecule has 0 bridgehead atoms. The Bertz CT molecular complexity index is 442. The minimum absolute atomic E-state index is 0.0202. The van der Waals surface area contributed by atoms with Crippen molar-refractivity contribution in [2.24, 2.45) is 11.8 Å². The fourth-order valence-corrected chi connectivity index (χ4v) is 2.87. The number of rotatable bonds is 5. The molecule has 0 unspecified atom stereocenters. The van der Waals surface area contributed by atoms with Gasteiger partial charge in [-0.05, 0) is 24.3 Å². The molecule has 110 valence electrons. The molecule has 1 aromatic heterocycles. The lowest BCUT2D eigenvalue weighted by Gasteiger charge is -2.30. The second kappa shape index (κ2) is 7.37. The first-order valence-corrected chi connectivity index (χ1v) is 7.47. The summed E-state index contributed by atoms with van der Waals surface area (Å²) in [6.07, 6.45) is 1.30. The average Bonchev–Trinajstić information content (AvgIpc) is 2.99. The Hall–Kier alpha value is -1.44. The third-order valence-corrected chi connectivity index (χ3v) is 4.26. The van der Waals surface area contributed by atoms with Gasteiger partial charge in [0.2, 0.25) is 11.8 Å². The molecule has 0 saturated carbocycles. The number of hydrogen-bond acceptors (Lipinski definition) is 5.